The van der Waals surface area contributed by atoms with Crippen LogP contribution in [-0.4, -0.2) is 181 Å². The zero-order valence-electron chi connectivity index (χ0n) is 18.3. The van der Waals surface area contributed by atoms with Gasteiger partial charge < -0.3 is 86.2 Å². The first-order valence-electron chi connectivity index (χ1n) is 9.53. The molecule has 19 nitrogen and oxygen atoms in total. The predicted molar refractivity (Wildman–Crippen MR) is 108 cm³/mol. The van der Waals surface area contributed by atoms with Crippen LogP contribution in [0.1, 0.15) is 0 Å². The Morgan fingerprint density at radius 1 is 0.500 bits per heavy atom. The molecule has 19 heteroatoms. The molecule has 0 spiro atoms. The van der Waals surface area contributed by atoms with Gasteiger partial charge in [-0.3, -0.25) is 0 Å². The number of carbonyl (C=O) groups excluding carboxylic acids is 2. The molecule has 0 aromatic heterocycles. The van der Waals surface area contributed by atoms with Crippen LogP contribution in [0.25, 0.3) is 0 Å². The number of hydrogen-bond acceptors (Lipinski definition) is 17. The first-order chi connectivity index (χ1) is 16.5. The number of hydrogen-bond donors (Lipinski definition) is 15. The number of carboxylic acids is 2. The molecule has 11 unspecified atom stereocenters. The third-order valence-electron chi connectivity index (χ3n) is 3.99. The van der Waals surface area contributed by atoms with Crippen molar-refractivity contribution in [1.29, 1.82) is 0 Å². The molecule has 0 aromatic rings. The number of carbonyl (C=O) groups is 4. The monoisotopic (exact) mass is 540 g/mol. The Morgan fingerprint density at radius 2 is 0.778 bits per heavy atom. The second-order valence-corrected chi connectivity index (χ2v) is 6.77. The summed E-state index contributed by atoms with van der Waals surface area (Å²) in [6.45, 7) is -1.45. The molecule has 0 heterocycles. The lowest BCUT2D eigenvalue weighted by molar-refractivity contribution is -0.172. The van der Waals surface area contributed by atoms with Gasteiger partial charge >= 0.3 is 11.9 Å². The number of rotatable bonds is 14. The quantitative estimate of drug-likeness (QED) is 0.0908. The van der Waals surface area contributed by atoms with Crippen molar-refractivity contribution in [3.63, 3.8) is 0 Å². The van der Waals surface area contributed by atoms with Gasteiger partial charge in [-0.15, -0.1) is 0 Å². The molecule has 0 saturated heterocycles. The largest absolute Gasteiger partial charge is 0.479 e. The number of aliphatic hydroxyl groups is 13. The Hall–Kier alpha value is -2.24. The maximum absolute atomic E-state index is 10.1. The highest BCUT2D eigenvalue weighted by Crippen LogP contribution is 2.06. The van der Waals surface area contributed by atoms with Gasteiger partial charge in [0.15, 0.2) is 24.8 Å². The van der Waals surface area contributed by atoms with E-state index in [1.807, 2.05) is 0 Å². The molecule has 0 amide bonds. The number of carboxylic acid groups (broad SMARTS) is 2. The van der Waals surface area contributed by atoms with Gasteiger partial charge in [-0.25, -0.2) is 9.59 Å². The van der Waals surface area contributed by atoms with Gasteiger partial charge in [0.2, 0.25) is 0 Å². The van der Waals surface area contributed by atoms with Gasteiger partial charge in [-0.05, 0) is 0 Å². The van der Waals surface area contributed by atoms with Crippen LogP contribution in [0.5, 0.6) is 0 Å². The average molecular weight is 540 g/mol. The summed E-state index contributed by atoms with van der Waals surface area (Å²) in [4.78, 5) is 39.8. The van der Waals surface area contributed by atoms with E-state index in [2.05, 4.69) is 0 Å². The van der Waals surface area contributed by atoms with Crippen LogP contribution in [0.2, 0.25) is 0 Å². The summed E-state index contributed by atoms with van der Waals surface area (Å²) in [6, 6.07) is 0. The molecule has 15 N–H and O–H groups in total. The molecule has 0 rings (SSSR count). The zero-order valence-corrected chi connectivity index (χ0v) is 18.3. The van der Waals surface area contributed by atoms with Gasteiger partial charge in [0.05, 0.1) is 13.2 Å². The second kappa shape index (κ2) is 19.9. The van der Waals surface area contributed by atoms with Crippen molar-refractivity contribution in [3.05, 3.63) is 0 Å². The summed E-state index contributed by atoms with van der Waals surface area (Å²) in [5.41, 5.74) is 0. The molecular formula is C17H32O19. The summed E-state index contributed by atoms with van der Waals surface area (Å²) in [7, 11) is 0. The molecule has 0 aliphatic carbocycles. The lowest BCUT2D eigenvalue weighted by Gasteiger charge is -2.22. The van der Waals surface area contributed by atoms with Gasteiger partial charge in [-0.1, -0.05) is 0 Å². The minimum Gasteiger partial charge on any atom is -0.479 e. The van der Waals surface area contributed by atoms with E-state index >= 15 is 0 Å². The van der Waals surface area contributed by atoms with Gasteiger partial charge in [0, 0.05) is 0 Å². The molecule has 0 fully saturated rings. The molecule has 0 bridgehead atoms. The van der Waals surface area contributed by atoms with Crippen molar-refractivity contribution in [1.82, 2.24) is 0 Å². The first-order valence-corrected chi connectivity index (χ1v) is 9.53. The number of aliphatic hydroxyl groups excluding tert-OH is 13. The Morgan fingerprint density at radius 3 is 1.03 bits per heavy atom. The highest BCUT2D eigenvalue weighted by molar-refractivity contribution is 5.75. The third-order valence-corrected chi connectivity index (χ3v) is 3.99. The van der Waals surface area contributed by atoms with Crippen molar-refractivity contribution in [2.75, 3.05) is 13.2 Å². The van der Waals surface area contributed by atoms with E-state index in [9.17, 15) is 19.2 Å². The highest BCUT2D eigenvalue weighted by atomic mass is 16.4. The maximum Gasteiger partial charge on any atom is 0.335 e. The van der Waals surface area contributed by atoms with Crippen molar-refractivity contribution < 1.29 is 95.8 Å². The Bertz CT molecular complexity index is 607. The molecule has 0 aliphatic rings. The average Bonchev–Trinajstić information content (AvgIpc) is 2.88. The van der Waals surface area contributed by atoms with Crippen molar-refractivity contribution in [2.45, 2.75) is 67.1 Å². The highest BCUT2D eigenvalue weighted by Gasteiger charge is 2.37. The van der Waals surface area contributed by atoms with E-state index in [-0.39, 0.29) is 12.6 Å². The van der Waals surface area contributed by atoms with Crippen molar-refractivity contribution in [3.8, 4) is 0 Å². The number of aliphatic carboxylic acids is 2. The Kier molecular flexibility index (Phi) is 21.2. The standard InChI is InChI=1S/C6H10O8.C6H12O6.C5H10O5/c7-1(3(9)5(11)12)2(8)4(10)6(13)14;7-1-3(9)5(11)6(12)4(10)2-8;6-1-3(8)5(10)4(9)2-7/h1-4,7-10H,(H,11,12)(H,13,14);1,3-6,8-12H,2H2;1,3-5,7-10H,2H2. The van der Waals surface area contributed by atoms with Crippen LogP contribution in [0.4, 0.5) is 0 Å². The minimum atomic E-state index is -2.36. The molecule has 0 radical (unpaired) electrons. The van der Waals surface area contributed by atoms with E-state index in [0.29, 0.717) is 0 Å². The zero-order chi connectivity index (χ0) is 29.3. The van der Waals surface area contributed by atoms with E-state index in [0.717, 1.165) is 0 Å². The third kappa shape index (κ3) is 14.4. The molecule has 11 atom stereocenters. The first kappa shape index (κ1) is 38.3. The van der Waals surface area contributed by atoms with Crippen LogP contribution in [0.15, 0.2) is 0 Å². The SMILES string of the molecule is O=C(O)C(O)C(O)C(O)C(O)C(=O)O.O=CC(O)C(O)C(O)C(O)CO.O=CC(O)C(O)C(O)CO. The van der Waals surface area contributed by atoms with E-state index in [4.69, 9.17) is 76.6 Å². The smallest absolute Gasteiger partial charge is 0.335 e. The van der Waals surface area contributed by atoms with Gasteiger partial charge in [0.1, 0.15) is 54.9 Å². The fourth-order valence-corrected chi connectivity index (χ4v) is 1.70. The lowest BCUT2D eigenvalue weighted by atomic mass is 10.0. The Balaban J connectivity index is -0.000000460. The van der Waals surface area contributed by atoms with E-state index < -0.39 is 92.3 Å². The van der Waals surface area contributed by atoms with E-state index in [1.165, 1.54) is 0 Å². The normalized spacial score (nSPS) is 20.0. The summed E-state index contributed by atoms with van der Waals surface area (Å²) in [6.07, 6.45) is -20.8. The molecular weight excluding hydrogens is 508 g/mol. The van der Waals surface area contributed by atoms with E-state index in [1.54, 1.807) is 0 Å². The van der Waals surface area contributed by atoms with Crippen molar-refractivity contribution >= 4 is 24.5 Å². The summed E-state index contributed by atoms with van der Waals surface area (Å²) in [5, 5.41) is 129. The minimum absolute atomic E-state index is 0.0258. The topological polar surface area (TPSA) is 372 Å². The van der Waals surface area contributed by atoms with Crippen LogP contribution < -0.4 is 0 Å². The predicted octanol–water partition coefficient (Wildman–Crippen LogP) is -9.52. The van der Waals surface area contributed by atoms with Gasteiger partial charge in [-0.2, -0.15) is 0 Å². The van der Waals surface area contributed by atoms with Crippen LogP contribution in [-0.2, 0) is 19.2 Å². The van der Waals surface area contributed by atoms with Crippen LogP contribution >= 0.6 is 0 Å². The van der Waals surface area contributed by atoms with Crippen molar-refractivity contribution in [2.24, 2.45) is 0 Å². The number of aldehydes is 2. The molecule has 0 saturated carbocycles. The maximum atomic E-state index is 10.1. The second-order valence-electron chi connectivity index (χ2n) is 6.77. The lowest BCUT2D eigenvalue weighted by Crippen LogP contribution is -2.49. The summed E-state index contributed by atoms with van der Waals surface area (Å²) in [5.74, 6) is -3.68. The fraction of sp³-hybridized carbons (Fsp3) is 0.765. The van der Waals surface area contributed by atoms with Gasteiger partial charge in [0.25, 0.3) is 0 Å². The van der Waals surface area contributed by atoms with Crippen LogP contribution in [0.3, 0.4) is 0 Å². The van der Waals surface area contributed by atoms with Crippen LogP contribution in [0, 0.1) is 0 Å². The molecule has 0 aliphatic heterocycles. The molecule has 214 valence electrons. The summed E-state index contributed by atoms with van der Waals surface area (Å²) < 4.78 is 0. The summed E-state index contributed by atoms with van der Waals surface area (Å²) >= 11 is 0. The molecule has 36 heavy (non-hydrogen) atoms. The fourth-order valence-electron chi connectivity index (χ4n) is 1.70. The Labute approximate surface area is 201 Å². The molecule has 0 aromatic carbocycles.